The van der Waals surface area contributed by atoms with Crippen LogP contribution >= 0.6 is 11.3 Å². The van der Waals surface area contributed by atoms with Crippen LogP contribution in [0, 0.1) is 0 Å². The van der Waals surface area contributed by atoms with Crippen LogP contribution in [0.5, 0.6) is 0 Å². The van der Waals surface area contributed by atoms with Gasteiger partial charge in [0.25, 0.3) is 0 Å². The third-order valence-corrected chi connectivity index (χ3v) is 5.23. The Kier molecular flexibility index (Phi) is 4.51. The first-order chi connectivity index (χ1) is 10.8. The van der Waals surface area contributed by atoms with Gasteiger partial charge in [-0.15, -0.1) is 11.3 Å². The van der Waals surface area contributed by atoms with E-state index in [9.17, 15) is 17.6 Å². The van der Waals surface area contributed by atoms with Crippen molar-refractivity contribution in [2.75, 3.05) is 25.5 Å². The van der Waals surface area contributed by atoms with Gasteiger partial charge in [0.1, 0.15) is 6.17 Å². The lowest BCUT2D eigenvalue weighted by atomic mass is 10.0. The molecule has 3 rings (SSSR count). The van der Waals surface area contributed by atoms with Crippen LogP contribution in [0.2, 0.25) is 0 Å². The highest BCUT2D eigenvalue weighted by Gasteiger charge is 2.30. The zero-order valence-electron chi connectivity index (χ0n) is 12.7. The van der Waals surface area contributed by atoms with Gasteiger partial charge in [-0.25, -0.2) is 4.39 Å². The predicted molar refractivity (Wildman–Crippen MR) is 86.0 cm³/mol. The second-order valence-electron chi connectivity index (χ2n) is 6.05. The molecule has 0 spiro atoms. The van der Waals surface area contributed by atoms with Crippen molar-refractivity contribution in [3.05, 3.63) is 29.1 Å². The number of rotatable bonds is 3. The van der Waals surface area contributed by atoms with E-state index in [1.54, 1.807) is 23.6 Å². The summed E-state index contributed by atoms with van der Waals surface area (Å²) in [6.07, 6.45) is -5.47. The topological polar surface area (TPSA) is 15.3 Å². The normalized spacial score (nSPS) is 23.3. The van der Waals surface area contributed by atoms with Gasteiger partial charge in [0.05, 0.1) is 22.8 Å². The molecular weight excluding hydrogens is 328 g/mol. The van der Waals surface area contributed by atoms with Gasteiger partial charge in [0, 0.05) is 13.1 Å². The summed E-state index contributed by atoms with van der Waals surface area (Å²) in [5, 5.41) is 5.34. The molecule has 1 N–H and O–H groups in total. The maximum Gasteiger partial charge on any atom is 0.393 e. The molecule has 2 aromatic rings. The fourth-order valence-electron chi connectivity index (χ4n) is 3.00. The van der Waals surface area contributed by atoms with Gasteiger partial charge in [-0.3, -0.25) is 0 Å². The number of thiophene rings is 1. The molecule has 0 amide bonds. The summed E-state index contributed by atoms with van der Waals surface area (Å²) in [5.74, 6) is 0. The Bertz CT molecular complexity index is 682. The van der Waals surface area contributed by atoms with Gasteiger partial charge < -0.3 is 10.2 Å². The average Bonchev–Trinajstić information content (AvgIpc) is 2.84. The summed E-state index contributed by atoms with van der Waals surface area (Å²) >= 11 is 1.28. The standard InChI is InChI=1S/C16H18F4N2S/c1-22-6-5-13(12(17)8-22)21-14-4-2-3-11-10(7-16(18,19)20)9-23-15(11)14/h2-4,9,12-13,21H,5-8H2,1H3/t12-,13-/m1/s1. The Balaban J connectivity index is 1.84. The lowest BCUT2D eigenvalue weighted by molar-refractivity contribution is -0.126. The molecule has 0 unspecified atom stereocenters. The number of alkyl halides is 4. The highest BCUT2D eigenvalue weighted by Crippen LogP contribution is 2.36. The first-order valence-corrected chi connectivity index (χ1v) is 8.36. The largest absolute Gasteiger partial charge is 0.393 e. The van der Waals surface area contributed by atoms with Crippen LogP contribution < -0.4 is 5.32 Å². The van der Waals surface area contributed by atoms with E-state index in [1.165, 1.54) is 11.3 Å². The second kappa shape index (κ2) is 6.28. The molecule has 7 heteroatoms. The van der Waals surface area contributed by atoms with Crippen molar-refractivity contribution in [3.63, 3.8) is 0 Å². The number of fused-ring (bicyclic) bond motifs is 1. The number of piperidine rings is 1. The molecule has 1 aliphatic heterocycles. The minimum atomic E-state index is -4.23. The Hall–Kier alpha value is -1.34. The molecule has 0 aliphatic carbocycles. The highest BCUT2D eigenvalue weighted by molar-refractivity contribution is 7.18. The number of hydrogen-bond donors (Lipinski definition) is 1. The smallest absolute Gasteiger partial charge is 0.378 e. The number of nitrogens with one attached hydrogen (secondary N) is 1. The average molecular weight is 346 g/mol. The van der Waals surface area contributed by atoms with Gasteiger partial charge in [0.15, 0.2) is 0 Å². The molecule has 0 bridgehead atoms. The molecule has 2 nitrogen and oxygen atoms in total. The van der Waals surface area contributed by atoms with Crippen molar-refractivity contribution >= 4 is 27.1 Å². The van der Waals surface area contributed by atoms with Crippen molar-refractivity contribution in [3.8, 4) is 0 Å². The number of anilines is 1. The number of hydrogen-bond acceptors (Lipinski definition) is 3. The van der Waals surface area contributed by atoms with Crippen molar-refractivity contribution in [2.24, 2.45) is 0 Å². The fourth-order valence-corrected chi connectivity index (χ4v) is 4.05. The van der Waals surface area contributed by atoms with E-state index in [1.807, 2.05) is 11.9 Å². The third-order valence-electron chi connectivity index (χ3n) is 4.16. The summed E-state index contributed by atoms with van der Waals surface area (Å²) in [7, 11) is 1.88. The minimum Gasteiger partial charge on any atom is -0.378 e. The lowest BCUT2D eigenvalue weighted by Gasteiger charge is -2.33. The number of halogens is 4. The zero-order chi connectivity index (χ0) is 16.6. The SMILES string of the molecule is CN1CC[C@@H](Nc2cccc3c(CC(F)(F)F)csc23)[C@H](F)C1. The minimum absolute atomic E-state index is 0.279. The van der Waals surface area contributed by atoms with Crippen LogP contribution in [0.1, 0.15) is 12.0 Å². The van der Waals surface area contributed by atoms with E-state index in [0.29, 0.717) is 18.4 Å². The van der Waals surface area contributed by atoms with Gasteiger partial charge >= 0.3 is 6.18 Å². The maximum atomic E-state index is 14.2. The zero-order valence-corrected chi connectivity index (χ0v) is 13.5. The molecule has 1 aromatic carbocycles. The Morgan fingerprint density at radius 2 is 2.13 bits per heavy atom. The summed E-state index contributed by atoms with van der Waals surface area (Å²) in [6, 6.07) is 4.92. The van der Waals surface area contributed by atoms with Gasteiger partial charge in [-0.2, -0.15) is 13.2 Å². The summed E-state index contributed by atoms with van der Waals surface area (Å²) in [5.41, 5.74) is 0.999. The molecule has 0 saturated carbocycles. The Morgan fingerprint density at radius 3 is 2.83 bits per heavy atom. The molecule has 1 aromatic heterocycles. The quantitative estimate of drug-likeness (QED) is 0.826. The summed E-state index contributed by atoms with van der Waals surface area (Å²) in [6.45, 7) is 1.18. The van der Waals surface area contributed by atoms with Crippen molar-refractivity contribution in [2.45, 2.75) is 31.2 Å². The van der Waals surface area contributed by atoms with E-state index in [2.05, 4.69) is 5.32 Å². The van der Waals surface area contributed by atoms with Gasteiger partial charge in [0.2, 0.25) is 0 Å². The lowest BCUT2D eigenvalue weighted by Crippen LogP contribution is -2.46. The molecule has 0 radical (unpaired) electrons. The fraction of sp³-hybridized carbons (Fsp3) is 0.500. The summed E-state index contributed by atoms with van der Waals surface area (Å²) in [4.78, 5) is 1.94. The number of benzene rings is 1. The van der Waals surface area contributed by atoms with Crippen LogP contribution in [0.15, 0.2) is 23.6 Å². The molecule has 126 valence electrons. The first kappa shape index (κ1) is 16.5. The maximum absolute atomic E-state index is 14.2. The van der Waals surface area contributed by atoms with Crippen LogP contribution in [-0.4, -0.2) is 43.4 Å². The van der Waals surface area contributed by atoms with Crippen LogP contribution in [0.4, 0.5) is 23.2 Å². The highest BCUT2D eigenvalue weighted by atomic mass is 32.1. The van der Waals surface area contributed by atoms with Crippen LogP contribution in [0.3, 0.4) is 0 Å². The first-order valence-electron chi connectivity index (χ1n) is 7.48. The van der Waals surface area contributed by atoms with Crippen molar-refractivity contribution < 1.29 is 17.6 Å². The van der Waals surface area contributed by atoms with Crippen molar-refractivity contribution in [1.29, 1.82) is 0 Å². The molecular formula is C16H18F4N2S. The monoisotopic (exact) mass is 346 g/mol. The summed E-state index contributed by atoms with van der Waals surface area (Å²) < 4.78 is 52.9. The molecule has 23 heavy (non-hydrogen) atoms. The van der Waals surface area contributed by atoms with Crippen molar-refractivity contribution in [1.82, 2.24) is 4.90 Å². The van der Waals surface area contributed by atoms with Gasteiger partial charge in [-0.1, -0.05) is 12.1 Å². The van der Waals surface area contributed by atoms with E-state index in [4.69, 9.17) is 0 Å². The molecule has 1 fully saturated rings. The van der Waals surface area contributed by atoms with Crippen LogP contribution in [0.25, 0.3) is 10.1 Å². The molecule has 2 atom stereocenters. The molecule has 1 saturated heterocycles. The number of nitrogens with zero attached hydrogens (tertiary/aromatic N) is 1. The van der Waals surface area contributed by atoms with E-state index in [0.717, 1.165) is 16.9 Å². The third kappa shape index (κ3) is 3.77. The Morgan fingerprint density at radius 1 is 1.35 bits per heavy atom. The van der Waals surface area contributed by atoms with Crippen LogP contribution in [-0.2, 0) is 6.42 Å². The van der Waals surface area contributed by atoms with E-state index < -0.39 is 18.8 Å². The molecule has 2 heterocycles. The Labute approximate surface area is 136 Å². The number of likely N-dealkylation sites (tertiary alicyclic amines) is 1. The van der Waals surface area contributed by atoms with E-state index in [-0.39, 0.29) is 11.6 Å². The molecule has 1 aliphatic rings. The van der Waals surface area contributed by atoms with Gasteiger partial charge in [-0.05, 0) is 35.9 Å². The predicted octanol–water partition coefficient (Wildman–Crippen LogP) is 4.46. The second-order valence-corrected chi connectivity index (χ2v) is 6.93. The van der Waals surface area contributed by atoms with E-state index >= 15 is 0 Å².